The highest BCUT2D eigenvalue weighted by Gasteiger charge is 2.51. The first kappa shape index (κ1) is 19.8. The van der Waals surface area contributed by atoms with Crippen molar-refractivity contribution in [2.45, 2.75) is 83.8 Å². The lowest BCUT2D eigenvalue weighted by Crippen LogP contribution is -2.62. The molecule has 4 rings (SSSR count). The zero-order valence-electron chi connectivity index (χ0n) is 17.8. The van der Waals surface area contributed by atoms with E-state index in [-0.39, 0.29) is 17.9 Å². The van der Waals surface area contributed by atoms with E-state index in [1.807, 2.05) is 11.8 Å². The van der Waals surface area contributed by atoms with Gasteiger partial charge in [0.05, 0.1) is 11.7 Å². The summed E-state index contributed by atoms with van der Waals surface area (Å²) in [6.07, 6.45) is 6.27. The number of rotatable bonds is 4. The summed E-state index contributed by atoms with van der Waals surface area (Å²) in [5, 5.41) is 9.89. The van der Waals surface area contributed by atoms with Gasteiger partial charge in [-0.2, -0.15) is 0 Å². The third-order valence-corrected chi connectivity index (χ3v) is 7.26. The van der Waals surface area contributed by atoms with Crippen LogP contribution < -0.4 is 4.74 Å². The number of hydrogen-bond acceptors (Lipinski definition) is 3. The summed E-state index contributed by atoms with van der Waals surface area (Å²) < 4.78 is 5.98. The highest BCUT2D eigenvalue weighted by molar-refractivity contribution is 5.81. The van der Waals surface area contributed by atoms with E-state index in [0.29, 0.717) is 24.2 Å². The second-order valence-electron chi connectivity index (χ2n) is 10.2. The van der Waals surface area contributed by atoms with Crippen molar-refractivity contribution < 1.29 is 14.6 Å². The van der Waals surface area contributed by atoms with E-state index in [1.54, 1.807) is 0 Å². The van der Waals surface area contributed by atoms with Crippen LogP contribution in [0.4, 0.5) is 0 Å². The van der Waals surface area contributed by atoms with Gasteiger partial charge in [0.25, 0.3) is 0 Å². The smallest absolute Gasteiger partial charge is 0.225 e. The molecule has 3 fully saturated rings. The Morgan fingerprint density at radius 1 is 1.21 bits per heavy atom. The Morgan fingerprint density at radius 2 is 1.86 bits per heavy atom. The van der Waals surface area contributed by atoms with Crippen LogP contribution >= 0.6 is 0 Å². The van der Waals surface area contributed by atoms with Gasteiger partial charge in [0.1, 0.15) is 5.75 Å². The third-order valence-electron chi connectivity index (χ3n) is 7.26. The molecule has 1 amide bonds. The van der Waals surface area contributed by atoms with Gasteiger partial charge in [-0.1, -0.05) is 12.1 Å². The lowest BCUT2D eigenvalue weighted by Gasteiger charge is -2.55. The summed E-state index contributed by atoms with van der Waals surface area (Å²) in [6, 6.07) is 6.47. The second-order valence-corrected chi connectivity index (χ2v) is 10.2. The van der Waals surface area contributed by atoms with Gasteiger partial charge in [-0.3, -0.25) is 4.79 Å². The molecule has 1 N–H and O–H groups in total. The Kier molecular flexibility index (Phi) is 4.97. The Labute approximate surface area is 169 Å². The number of ether oxygens (including phenoxy) is 1. The van der Waals surface area contributed by atoms with E-state index in [2.05, 4.69) is 39.0 Å². The molecule has 1 heterocycles. The average Bonchev–Trinajstić information content (AvgIpc) is 2.59. The van der Waals surface area contributed by atoms with Crippen molar-refractivity contribution in [2.75, 3.05) is 13.1 Å². The minimum atomic E-state index is -0.618. The maximum absolute atomic E-state index is 12.6. The molecule has 3 aliphatic rings. The first-order valence-electron chi connectivity index (χ1n) is 11.0. The molecule has 4 nitrogen and oxygen atoms in total. The van der Waals surface area contributed by atoms with Crippen molar-refractivity contribution in [2.24, 2.45) is 11.3 Å². The lowest BCUT2D eigenvalue weighted by atomic mass is 9.63. The van der Waals surface area contributed by atoms with Crippen LogP contribution in [0, 0.1) is 18.3 Å². The predicted molar refractivity (Wildman–Crippen MR) is 111 cm³/mol. The summed E-state index contributed by atoms with van der Waals surface area (Å²) in [6.45, 7) is 10.0. The van der Waals surface area contributed by atoms with E-state index >= 15 is 0 Å². The maximum atomic E-state index is 12.6. The van der Waals surface area contributed by atoms with Crippen molar-refractivity contribution in [3.63, 3.8) is 0 Å². The molecule has 1 spiro atoms. The van der Waals surface area contributed by atoms with E-state index in [9.17, 15) is 9.90 Å². The van der Waals surface area contributed by atoms with Crippen LogP contribution in [0.25, 0.3) is 0 Å². The van der Waals surface area contributed by atoms with Gasteiger partial charge in [-0.25, -0.2) is 0 Å². The van der Waals surface area contributed by atoms with Crippen LogP contribution in [0.15, 0.2) is 18.2 Å². The number of nitrogens with zero attached hydrogens (tertiary/aromatic N) is 1. The quantitative estimate of drug-likeness (QED) is 0.834. The zero-order valence-corrected chi connectivity index (χ0v) is 17.8. The van der Waals surface area contributed by atoms with Crippen molar-refractivity contribution in [1.29, 1.82) is 0 Å². The molecule has 0 radical (unpaired) electrons. The highest BCUT2D eigenvalue weighted by Crippen LogP contribution is 2.50. The standard InChI is InChI=1S/C24H35NO3/c1-16(2)28-21-7-5-6-20(17(21)3)18-8-10-24(11-9-18)14-25(15-24)22(26)19-12-23(4,27)13-19/h5-7,16,18-19,27H,8-15H2,1-4H3/t19-,23+. The summed E-state index contributed by atoms with van der Waals surface area (Å²) in [7, 11) is 0. The molecule has 0 bridgehead atoms. The molecule has 1 aliphatic heterocycles. The monoisotopic (exact) mass is 385 g/mol. The number of amides is 1. The van der Waals surface area contributed by atoms with Gasteiger partial charge in [-0.15, -0.1) is 0 Å². The van der Waals surface area contributed by atoms with Crippen LogP contribution in [0.2, 0.25) is 0 Å². The normalized spacial score (nSPS) is 29.5. The molecule has 1 saturated heterocycles. The summed E-state index contributed by atoms with van der Waals surface area (Å²) >= 11 is 0. The average molecular weight is 386 g/mol. The Hall–Kier alpha value is -1.55. The summed E-state index contributed by atoms with van der Waals surface area (Å²) in [5.41, 5.74) is 2.46. The third kappa shape index (κ3) is 3.68. The Bertz CT molecular complexity index is 730. The number of carbonyl (C=O) groups excluding carboxylic acids is 1. The van der Waals surface area contributed by atoms with Crippen molar-refractivity contribution >= 4 is 5.91 Å². The summed E-state index contributed by atoms with van der Waals surface area (Å²) in [5.74, 6) is 1.95. The lowest BCUT2D eigenvalue weighted by molar-refractivity contribution is -0.163. The number of likely N-dealkylation sites (tertiary alicyclic amines) is 1. The summed E-state index contributed by atoms with van der Waals surface area (Å²) in [4.78, 5) is 14.6. The topological polar surface area (TPSA) is 49.8 Å². The van der Waals surface area contributed by atoms with Crippen molar-refractivity contribution in [3.8, 4) is 5.75 Å². The molecule has 1 aromatic carbocycles. The van der Waals surface area contributed by atoms with Crippen LogP contribution in [0.1, 0.15) is 76.3 Å². The molecular formula is C24H35NO3. The first-order valence-corrected chi connectivity index (χ1v) is 11.0. The van der Waals surface area contributed by atoms with Gasteiger partial charge in [0, 0.05) is 24.4 Å². The SMILES string of the molecule is Cc1c(OC(C)C)cccc1C1CCC2(CC1)CN(C(=O)[C@H]1C[C@@](C)(O)C1)C2. The zero-order chi connectivity index (χ0) is 20.1. The first-order chi connectivity index (χ1) is 13.2. The molecule has 0 unspecified atom stereocenters. The van der Waals surface area contributed by atoms with E-state index in [0.717, 1.165) is 18.8 Å². The van der Waals surface area contributed by atoms with Crippen LogP contribution in [-0.2, 0) is 4.79 Å². The van der Waals surface area contributed by atoms with E-state index in [4.69, 9.17) is 4.74 Å². The molecule has 1 aromatic rings. The van der Waals surface area contributed by atoms with Gasteiger partial charge >= 0.3 is 0 Å². The fourth-order valence-electron chi connectivity index (χ4n) is 5.67. The fourth-order valence-corrected chi connectivity index (χ4v) is 5.67. The Morgan fingerprint density at radius 3 is 2.43 bits per heavy atom. The van der Waals surface area contributed by atoms with Gasteiger partial charge in [-0.05, 0) is 89.3 Å². The number of hydrogen-bond donors (Lipinski definition) is 1. The molecule has 154 valence electrons. The molecule has 2 aliphatic carbocycles. The number of carbonyl (C=O) groups is 1. The molecule has 2 saturated carbocycles. The second kappa shape index (κ2) is 7.05. The van der Waals surface area contributed by atoms with Crippen molar-refractivity contribution in [3.05, 3.63) is 29.3 Å². The minimum Gasteiger partial charge on any atom is -0.491 e. The highest BCUT2D eigenvalue weighted by atomic mass is 16.5. The fraction of sp³-hybridized carbons (Fsp3) is 0.708. The molecule has 28 heavy (non-hydrogen) atoms. The predicted octanol–water partition coefficient (Wildman–Crippen LogP) is 4.43. The van der Waals surface area contributed by atoms with E-state index < -0.39 is 5.60 Å². The molecule has 0 atom stereocenters. The van der Waals surface area contributed by atoms with Crippen LogP contribution in [0.3, 0.4) is 0 Å². The van der Waals surface area contributed by atoms with Crippen LogP contribution in [-0.4, -0.2) is 40.7 Å². The number of benzene rings is 1. The maximum Gasteiger partial charge on any atom is 0.225 e. The molecule has 0 aromatic heterocycles. The van der Waals surface area contributed by atoms with Crippen molar-refractivity contribution in [1.82, 2.24) is 4.90 Å². The van der Waals surface area contributed by atoms with Crippen LogP contribution in [0.5, 0.6) is 5.75 Å². The minimum absolute atomic E-state index is 0.0510. The molecule has 4 heteroatoms. The van der Waals surface area contributed by atoms with E-state index in [1.165, 1.54) is 36.8 Å². The Balaban J connectivity index is 1.32. The van der Waals surface area contributed by atoms with Gasteiger partial charge in [0.2, 0.25) is 5.91 Å². The number of aliphatic hydroxyl groups is 1. The molecular weight excluding hydrogens is 350 g/mol. The van der Waals surface area contributed by atoms with Gasteiger partial charge < -0.3 is 14.7 Å². The largest absolute Gasteiger partial charge is 0.491 e. The van der Waals surface area contributed by atoms with Gasteiger partial charge in [0.15, 0.2) is 0 Å².